The van der Waals surface area contributed by atoms with Crippen molar-refractivity contribution in [3.05, 3.63) is 28.5 Å². The zero-order chi connectivity index (χ0) is 11.1. The lowest BCUT2D eigenvalue weighted by Crippen LogP contribution is -2.16. The van der Waals surface area contributed by atoms with Crippen LogP contribution in [0.25, 0.3) is 11.0 Å². The molecule has 80 valence electrons. The van der Waals surface area contributed by atoms with Crippen molar-refractivity contribution in [2.45, 2.75) is 25.3 Å². The molecule has 0 bridgehead atoms. The van der Waals surface area contributed by atoms with E-state index in [1.807, 2.05) is 18.3 Å². The van der Waals surface area contributed by atoms with Crippen LogP contribution in [0.5, 0.6) is 0 Å². The largest absolute Gasteiger partial charge is 0.328 e. The molecule has 0 atom stereocenters. The minimum Gasteiger partial charge on any atom is -0.328 e. The van der Waals surface area contributed by atoms with Gasteiger partial charge in [-0.3, -0.25) is 0 Å². The molecule has 0 aliphatic heterocycles. The summed E-state index contributed by atoms with van der Waals surface area (Å²) in [5, 5.41) is 10.0. The third kappa shape index (κ3) is 1.35. The Bertz CT molecular complexity index is 590. The molecule has 2 aromatic rings. The smallest absolute Gasteiger partial charge is 0.142 e. The molecule has 0 amide bonds. The summed E-state index contributed by atoms with van der Waals surface area (Å²) in [6.07, 6.45) is 5.61. The number of pyridine rings is 1. The SMILES string of the molecule is N#Cc1cn(C2CCC2)c2nc(Br)ccc12. The molecule has 0 unspecified atom stereocenters. The summed E-state index contributed by atoms with van der Waals surface area (Å²) in [5.74, 6) is 0. The fraction of sp³-hybridized carbons (Fsp3) is 0.333. The summed E-state index contributed by atoms with van der Waals surface area (Å²) in [6, 6.07) is 6.61. The Kier molecular flexibility index (Phi) is 2.22. The third-order valence-corrected chi connectivity index (χ3v) is 3.67. The summed E-state index contributed by atoms with van der Waals surface area (Å²) in [7, 11) is 0. The quantitative estimate of drug-likeness (QED) is 0.749. The van der Waals surface area contributed by atoms with E-state index in [2.05, 4.69) is 31.6 Å². The number of nitrogens with zero attached hydrogens (tertiary/aromatic N) is 3. The highest BCUT2D eigenvalue weighted by molar-refractivity contribution is 9.10. The van der Waals surface area contributed by atoms with Gasteiger partial charge >= 0.3 is 0 Å². The summed E-state index contributed by atoms with van der Waals surface area (Å²) in [4.78, 5) is 4.48. The Hall–Kier alpha value is -1.34. The van der Waals surface area contributed by atoms with Crippen molar-refractivity contribution < 1.29 is 0 Å². The Morgan fingerprint density at radius 3 is 2.88 bits per heavy atom. The van der Waals surface area contributed by atoms with Crippen LogP contribution in [0.2, 0.25) is 0 Å². The molecule has 0 spiro atoms. The number of aromatic nitrogens is 2. The Morgan fingerprint density at radius 2 is 2.25 bits per heavy atom. The predicted octanol–water partition coefficient (Wildman–Crippen LogP) is 3.40. The second kappa shape index (κ2) is 3.60. The van der Waals surface area contributed by atoms with Gasteiger partial charge in [-0.2, -0.15) is 5.26 Å². The summed E-state index contributed by atoms with van der Waals surface area (Å²) in [6.45, 7) is 0. The van der Waals surface area contributed by atoms with Crippen LogP contribution in [-0.2, 0) is 0 Å². The second-order valence-corrected chi connectivity index (χ2v) is 4.96. The van der Waals surface area contributed by atoms with Gasteiger partial charge in [-0.05, 0) is 47.3 Å². The molecule has 2 heterocycles. The lowest BCUT2D eigenvalue weighted by molar-refractivity contribution is 0.320. The van der Waals surface area contributed by atoms with Crippen molar-refractivity contribution in [2.24, 2.45) is 0 Å². The summed E-state index contributed by atoms with van der Waals surface area (Å²) >= 11 is 3.38. The minimum absolute atomic E-state index is 0.534. The average Bonchev–Trinajstić information content (AvgIpc) is 2.54. The van der Waals surface area contributed by atoms with Gasteiger partial charge < -0.3 is 4.57 Å². The Balaban J connectivity index is 2.27. The molecule has 0 saturated heterocycles. The van der Waals surface area contributed by atoms with E-state index < -0.39 is 0 Å². The first-order chi connectivity index (χ1) is 7.79. The van der Waals surface area contributed by atoms with E-state index in [0.29, 0.717) is 6.04 Å². The van der Waals surface area contributed by atoms with Crippen LogP contribution in [0.3, 0.4) is 0 Å². The molecule has 16 heavy (non-hydrogen) atoms. The normalized spacial score (nSPS) is 16.0. The maximum atomic E-state index is 9.09. The molecule has 1 fully saturated rings. The first kappa shape index (κ1) is 9.86. The van der Waals surface area contributed by atoms with E-state index in [-0.39, 0.29) is 0 Å². The topological polar surface area (TPSA) is 41.6 Å². The Labute approximate surface area is 102 Å². The van der Waals surface area contributed by atoms with Crippen LogP contribution in [0.4, 0.5) is 0 Å². The molecule has 0 aromatic carbocycles. The molecule has 4 heteroatoms. The van der Waals surface area contributed by atoms with E-state index in [9.17, 15) is 0 Å². The van der Waals surface area contributed by atoms with Crippen molar-refractivity contribution in [3.8, 4) is 6.07 Å². The fourth-order valence-electron chi connectivity index (χ4n) is 2.13. The second-order valence-electron chi connectivity index (χ2n) is 4.15. The average molecular weight is 276 g/mol. The molecule has 3 nitrogen and oxygen atoms in total. The van der Waals surface area contributed by atoms with Crippen LogP contribution in [0.15, 0.2) is 22.9 Å². The molecule has 3 rings (SSSR count). The highest BCUT2D eigenvalue weighted by Gasteiger charge is 2.22. The zero-order valence-corrected chi connectivity index (χ0v) is 10.2. The lowest BCUT2D eigenvalue weighted by atomic mass is 9.93. The predicted molar refractivity (Wildman–Crippen MR) is 65.0 cm³/mol. The third-order valence-electron chi connectivity index (χ3n) is 3.23. The van der Waals surface area contributed by atoms with Crippen LogP contribution < -0.4 is 0 Å². The first-order valence-corrected chi connectivity index (χ1v) is 6.16. The number of nitriles is 1. The van der Waals surface area contributed by atoms with Gasteiger partial charge in [0.05, 0.1) is 5.56 Å². The van der Waals surface area contributed by atoms with E-state index in [4.69, 9.17) is 5.26 Å². The Morgan fingerprint density at radius 1 is 1.44 bits per heavy atom. The van der Waals surface area contributed by atoms with Crippen molar-refractivity contribution >= 4 is 27.0 Å². The van der Waals surface area contributed by atoms with Crippen molar-refractivity contribution in [1.29, 1.82) is 5.26 Å². The molecular weight excluding hydrogens is 266 g/mol. The van der Waals surface area contributed by atoms with Crippen LogP contribution in [0.1, 0.15) is 30.9 Å². The molecule has 1 aliphatic rings. The number of hydrogen-bond acceptors (Lipinski definition) is 2. The first-order valence-electron chi connectivity index (χ1n) is 5.37. The maximum absolute atomic E-state index is 9.09. The molecule has 1 saturated carbocycles. The maximum Gasteiger partial charge on any atom is 0.142 e. The van der Waals surface area contributed by atoms with Gasteiger partial charge in [0, 0.05) is 17.6 Å². The summed E-state index contributed by atoms with van der Waals surface area (Å²) in [5.41, 5.74) is 1.65. The molecule has 0 N–H and O–H groups in total. The summed E-state index contributed by atoms with van der Waals surface area (Å²) < 4.78 is 2.98. The molecule has 2 aromatic heterocycles. The highest BCUT2D eigenvalue weighted by atomic mass is 79.9. The van der Waals surface area contributed by atoms with Gasteiger partial charge in [0.25, 0.3) is 0 Å². The zero-order valence-electron chi connectivity index (χ0n) is 8.65. The van der Waals surface area contributed by atoms with E-state index in [1.54, 1.807) is 0 Å². The molecular formula is C12H10BrN3. The number of halogens is 1. The fourth-order valence-corrected chi connectivity index (χ4v) is 2.43. The van der Waals surface area contributed by atoms with Crippen LogP contribution >= 0.6 is 15.9 Å². The van der Waals surface area contributed by atoms with Gasteiger partial charge in [-0.1, -0.05) is 0 Å². The number of rotatable bonds is 1. The van der Waals surface area contributed by atoms with Gasteiger partial charge in [0.1, 0.15) is 16.3 Å². The molecule has 1 aliphatic carbocycles. The van der Waals surface area contributed by atoms with E-state index >= 15 is 0 Å². The van der Waals surface area contributed by atoms with Crippen molar-refractivity contribution in [1.82, 2.24) is 9.55 Å². The van der Waals surface area contributed by atoms with Gasteiger partial charge in [0.2, 0.25) is 0 Å². The van der Waals surface area contributed by atoms with Crippen LogP contribution in [0, 0.1) is 11.3 Å². The lowest BCUT2D eigenvalue weighted by Gasteiger charge is -2.27. The van der Waals surface area contributed by atoms with Gasteiger partial charge in [-0.15, -0.1) is 0 Å². The van der Waals surface area contributed by atoms with E-state index in [1.165, 1.54) is 19.3 Å². The van der Waals surface area contributed by atoms with Crippen molar-refractivity contribution in [3.63, 3.8) is 0 Å². The van der Waals surface area contributed by atoms with Crippen molar-refractivity contribution in [2.75, 3.05) is 0 Å². The van der Waals surface area contributed by atoms with Crippen LogP contribution in [-0.4, -0.2) is 9.55 Å². The minimum atomic E-state index is 0.534. The van der Waals surface area contributed by atoms with Gasteiger partial charge in [-0.25, -0.2) is 4.98 Å². The molecule has 0 radical (unpaired) electrons. The van der Waals surface area contributed by atoms with Gasteiger partial charge in [0.15, 0.2) is 0 Å². The number of hydrogen-bond donors (Lipinski definition) is 0. The standard InChI is InChI=1S/C12H10BrN3/c13-11-5-4-10-8(6-14)7-16(12(10)15-11)9-2-1-3-9/h4-5,7,9H,1-3H2. The number of fused-ring (bicyclic) bond motifs is 1. The highest BCUT2D eigenvalue weighted by Crippen LogP contribution is 2.35. The monoisotopic (exact) mass is 275 g/mol. The van der Waals surface area contributed by atoms with E-state index in [0.717, 1.165) is 21.2 Å².